The van der Waals surface area contributed by atoms with Crippen LogP contribution in [0.15, 0.2) is 24.3 Å². The SMILES string of the molecule is COC(=O)[C@H](NC(=O)OC(C)(C)C)c1ccc(C#N)cc1. The first-order valence-corrected chi connectivity index (χ1v) is 6.34. The molecule has 0 aliphatic rings. The fraction of sp³-hybridized carbons (Fsp3) is 0.400. The predicted octanol–water partition coefficient (Wildman–Crippen LogP) is 2.30. The third-order valence-electron chi connectivity index (χ3n) is 2.47. The molecule has 6 heteroatoms. The first kappa shape index (κ1) is 16.5. The number of alkyl carbamates (subject to hydrolysis) is 1. The van der Waals surface area contributed by atoms with Gasteiger partial charge >= 0.3 is 12.1 Å². The Balaban J connectivity index is 2.93. The fourth-order valence-electron chi connectivity index (χ4n) is 1.57. The number of nitrogens with one attached hydrogen (secondary N) is 1. The zero-order chi connectivity index (χ0) is 16.0. The van der Waals surface area contributed by atoms with Gasteiger partial charge in [-0.15, -0.1) is 0 Å². The van der Waals surface area contributed by atoms with Crippen LogP contribution >= 0.6 is 0 Å². The van der Waals surface area contributed by atoms with E-state index in [-0.39, 0.29) is 0 Å². The van der Waals surface area contributed by atoms with Gasteiger partial charge in [-0.1, -0.05) is 12.1 Å². The van der Waals surface area contributed by atoms with Crippen LogP contribution in [0.1, 0.15) is 37.9 Å². The van der Waals surface area contributed by atoms with Crippen LogP contribution < -0.4 is 5.32 Å². The second kappa shape index (κ2) is 6.75. The Morgan fingerprint density at radius 1 is 1.24 bits per heavy atom. The van der Waals surface area contributed by atoms with Crippen LogP contribution in [0.25, 0.3) is 0 Å². The minimum Gasteiger partial charge on any atom is -0.467 e. The van der Waals surface area contributed by atoms with Crippen molar-refractivity contribution in [2.24, 2.45) is 0 Å². The average Bonchev–Trinajstić information content (AvgIpc) is 2.42. The number of carbonyl (C=O) groups excluding carboxylic acids is 2. The minimum atomic E-state index is -0.988. The molecule has 0 heterocycles. The first-order chi connectivity index (χ1) is 9.76. The Morgan fingerprint density at radius 3 is 2.24 bits per heavy atom. The van der Waals surface area contributed by atoms with Crippen molar-refractivity contribution < 1.29 is 19.1 Å². The molecule has 1 aromatic rings. The summed E-state index contributed by atoms with van der Waals surface area (Å²) < 4.78 is 9.80. The standard InChI is InChI=1S/C15H18N2O4/c1-15(2,3)21-14(19)17-12(13(18)20-4)11-7-5-10(9-16)6-8-11/h5-8,12H,1-4H3,(H,17,19)/t12-/m1/s1. The Labute approximate surface area is 123 Å². The van der Waals surface area contributed by atoms with Gasteiger partial charge in [-0.2, -0.15) is 5.26 Å². The molecule has 1 amide bonds. The highest BCUT2D eigenvalue weighted by molar-refractivity contribution is 5.82. The molecule has 1 aromatic carbocycles. The molecular weight excluding hydrogens is 272 g/mol. The normalized spacial score (nSPS) is 12.0. The molecule has 0 spiro atoms. The Hall–Kier alpha value is -2.55. The molecule has 112 valence electrons. The van der Waals surface area contributed by atoms with Crippen LogP contribution in [-0.4, -0.2) is 24.8 Å². The molecule has 0 aromatic heterocycles. The van der Waals surface area contributed by atoms with E-state index in [0.717, 1.165) is 0 Å². The number of hydrogen-bond acceptors (Lipinski definition) is 5. The zero-order valence-corrected chi connectivity index (χ0v) is 12.5. The molecule has 0 saturated heterocycles. The van der Waals surface area contributed by atoms with Gasteiger partial charge in [0.15, 0.2) is 6.04 Å². The van der Waals surface area contributed by atoms with Crippen LogP contribution in [0.5, 0.6) is 0 Å². The van der Waals surface area contributed by atoms with Crippen LogP contribution in [0.2, 0.25) is 0 Å². The number of nitrogens with zero attached hydrogens (tertiary/aromatic N) is 1. The fourth-order valence-corrected chi connectivity index (χ4v) is 1.57. The number of hydrogen-bond donors (Lipinski definition) is 1. The van der Waals surface area contributed by atoms with E-state index in [1.54, 1.807) is 45.0 Å². The summed E-state index contributed by atoms with van der Waals surface area (Å²) >= 11 is 0. The third-order valence-corrected chi connectivity index (χ3v) is 2.47. The van der Waals surface area contributed by atoms with E-state index < -0.39 is 23.7 Å². The van der Waals surface area contributed by atoms with E-state index in [1.807, 2.05) is 6.07 Å². The lowest BCUT2D eigenvalue weighted by atomic mass is 10.1. The summed E-state index contributed by atoms with van der Waals surface area (Å²) in [5.41, 5.74) is 0.293. The molecule has 0 aliphatic heterocycles. The van der Waals surface area contributed by atoms with Crippen molar-refractivity contribution in [3.05, 3.63) is 35.4 Å². The lowest BCUT2D eigenvalue weighted by Crippen LogP contribution is -2.38. The van der Waals surface area contributed by atoms with Gasteiger partial charge in [0.2, 0.25) is 0 Å². The largest absolute Gasteiger partial charge is 0.467 e. The maximum Gasteiger partial charge on any atom is 0.408 e. The maximum atomic E-state index is 11.8. The molecule has 0 unspecified atom stereocenters. The lowest BCUT2D eigenvalue weighted by Gasteiger charge is -2.22. The van der Waals surface area contributed by atoms with E-state index in [0.29, 0.717) is 11.1 Å². The lowest BCUT2D eigenvalue weighted by molar-refractivity contribution is -0.143. The number of rotatable bonds is 3. The van der Waals surface area contributed by atoms with E-state index in [4.69, 9.17) is 10.00 Å². The van der Waals surface area contributed by atoms with Gasteiger partial charge in [0.1, 0.15) is 5.60 Å². The number of amides is 1. The summed E-state index contributed by atoms with van der Waals surface area (Å²) in [6, 6.07) is 7.27. The van der Waals surface area contributed by atoms with Crippen molar-refractivity contribution in [1.82, 2.24) is 5.32 Å². The first-order valence-electron chi connectivity index (χ1n) is 6.34. The maximum absolute atomic E-state index is 11.8. The summed E-state index contributed by atoms with van der Waals surface area (Å²) in [4.78, 5) is 23.6. The molecule has 21 heavy (non-hydrogen) atoms. The van der Waals surface area contributed by atoms with E-state index in [1.165, 1.54) is 7.11 Å². The van der Waals surface area contributed by atoms with Crippen LogP contribution in [0.4, 0.5) is 4.79 Å². The van der Waals surface area contributed by atoms with Crippen LogP contribution in [-0.2, 0) is 14.3 Å². The van der Waals surface area contributed by atoms with Crippen molar-refractivity contribution in [2.75, 3.05) is 7.11 Å². The second-order valence-electron chi connectivity index (χ2n) is 5.34. The van der Waals surface area contributed by atoms with Crippen molar-refractivity contribution >= 4 is 12.1 Å². The Bertz CT molecular complexity index is 553. The molecule has 0 aliphatic carbocycles. The number of ether oxygens (including phenoxy) is 2. The molecule has 1 atom stereocenters. The Kier molecular flexibility index (Phi) is 5.30. The van der Waals surface area contributed by atoms with Gasteiger partial charge < -0.3 is 14.8 Å². The van der Waals surface area contributed by atoms with Gasteiger partial charge in [0, 0.05) is 0 Å². The third kappa shape index (κ3) is 5.15. The topological polar surface area (TPSA) is 88.4 Å². The Morgan fingerprint density at radius 2 is 1.81 bits per heavy atom. The molecule has 0 bridgehead atoms. The summed E-state index contributed by atoms with van der Waals surface area (Å²) in [5, 5.41) is 11.2. The number of esters is 1. The van der Waals surface area contributed by atoms with Crippen molar-refractivity contribution in [3.63, 3.8) is 0 Å². The van der Waals surface area contributed by atoms with Gasteiger partial charge in [0.05, 0.1) is 18.7 Å². The van der Waals surface area contributed by atoms with E-state index in [2.05, 4.69) is 10.1 Å². The zero-order valence-electron chi connectivity index (χ0n) is 12.5. The summed E-state index contributed by atoms with van der Waals surface area (Å²) in [6.45, 7) is 5.17. The number of benzene rings is 1. The molecule has 0 fully saturated rings. The predicted molar refractivity (Wildman–Crippen MR) is 75.3 cm³/mol. The van der Waals surface area contributed by atoms with Crippen molar-refractivity contribution in [3.8, 4) is 6.07 Å². The van der Waals surface area contributed by atoms with E-state index >= 15 is 0 Å². The van der Waals surface area contributed by atoms with Gasteiger partial charge in [-0.25, -0.2) is 9.59 Å². The molecule has 0 saturated carbocycles. The number of carbonyl (C=O) groups is 2. The van der Waals surface area contributed by atoms with Crippen LogP contribution in [0, 0.1) is 11.3 Å². The molecule has 0 radical (unpaired) electrons. The van der Waals surface area contributed by atoms with Crippen molar-refractivity contribution in [1.29, 1.82) is 5.26 Å². The van der Waals surface area contributed by atoms with E-state index in [9.17, 15) is 9.59 Å². The number of methoxy groups -OCH3 is 1. The highest BCUT2D eigenvalue weighted by atomic mass is 16.6. The van der Waals surface area contributed by atoms with Crippen molar-refractivity contribution in [2.45, 2.75) is 32.4 Å². The second-order valence-corrected chi connectivity index (χ2v) is 5.34. The van der Waals surface area contributed by atoms with Gasteiger partial charge in [-0.3, -0.25) is 0 Å². The van der Waals surface area contributed by atoms with Crippen LogP contribution in [0.3, 0.4) is 0 Å². The molecule has 1 N–H and O–H groups in total. The highest BCUT2D eigenvalue weighted by Gasteiger charge is 2.26. The smallest absolute Gasteiger partial charge is 0.408 e. The summed E-state index contributed by atoms with van der Waals surface area (Å²) in [7, 11) is 1.23. The highest BCUT2D eigenvalue weighted by Crippen LogP contribution is 2.17. The van der Waals surface area contributed by atoms with Gasteiger partial charge in [-0.05, 0) is 38.5 Å². The minimum absolute atomic E-state index is 0.458. The quantitative estimate of drug-likeness (QED) is 0.863. The molecule has 1 rings (SSSR count). The summed E-state index contributed by atoms with van der Waals surface area (Å²) in [5.74, 6) is -0.620. The average molecular weight is 290 g/mol. The monoisotopic (exact) mass is 290 g/mol. The molecule has 6 nitrogen and oxygen atoms in total. The number of nitriles is 1. The van der Waals surface area contributed by atoms with Gasteiger partial charge in [0.25, 0.3) is 0 Å². The summed E-state index contributed by atoms with van der Waals surface area (Å²) in [6.07, 6.45) is -0.720. The molecular formula is C15H18N2O4.